The lowest BCUT2D eigenvalue weighted by atomic mass is 10.1. The van der Waals surface area contributed by atoms with Crippen molar-refractivity contribution in [1.29, 1.82) is 0 Å². The molecule has 0 radical (unpaired) electrons. The molecule has 0 spiro atoms. The third kappa shape index (κ3) is 2.13. The quantitative estimate of drug-likeness (QED) is 0.692. The van der Waals surface area contributed by atoms with E-state index >= 15 is 0 Å². The fraction of sp³-hybridized carbons (Fsp3) is 0.0625. The number of nitrogens with zero attached hydrogens (tertiary/aromatic N) is 1. The second kappa shape index (κ2) is 4.86. The summed E-state index contributed by atoms with van der Waals surface area (Å²) in [4.78, 5) is 13.1. The van der Waals surface area contributed by atoms with Crippen molar-refractivity contribution in [3.8, 4) is 21.7 Å². The molecule has 1 aromatic heterocycles. The number of rotatable bonds is 2. The minimum Gasteiger partial charge on any atom is -0.301 e. The van der Waals surface area contributed by atoms with Crippen molar-refractivity contribution in [2.45, 2.75) is 0 Å². The van der Waals surface area contributed by atoms with Crippen LogP contribution >= 0.6 is 11.3 Å². The third-order valence-electron chi connectivity index (χ3n) is 3.10. The number of hydrogen-bond donors (Lipinski definition) is 0. The Morgan fingerprint density at radius 1 is 0.842 bits per heavy atom. The molecule has 2 aromatic carbocycles. The number of thiazole rings is 1. The summed E-state index contributed by atoms with van der Waals surface area (Å²) >= 11 is 1.30. The first-order chi connectivity index (χ1) is 9.27. The van der Waals surface area contributed by atoms with E-state index in [1.165, 1.54) is 11.3 Å². The molecular formula is C16H13NOS. The van der Waals surface area contributed by atoms with E-state index in [0.717, 1.165) is 21.7 Å². The van der Waals surface area contributed by atoms with Crippen molar-refractivity contribution in [2.75, 3.05) is 0 Å². The zero-order chi connectivity index (χ0) is 13.2. The molecule has 0 N–H and O–H groups in total. The van der Waals surface area contributed by atoms with Gasteiger partial charge in [-0.3, -0.25) is 4.79 Å². The Labute approximate surface area is 115 Å². The van der Waals surface area contributed by atoms with Crippen molar-refractivity contribution >= 4 is 11.3 Å². The lowest BCUT2D eigenvalue weighted by Gasteiger charge is -2.06. The molecule has 3 rings (SSSR count). The molecule has 0 saturated carbocycles. The molecule has 1 heterocycles. The summed E-state index contributed by atoms with van der Waals surface area (Å²) in [6, 6.07) is 20.1. The first-order valence-corrected chi connectivity index (χ1v) is 6.89. The van der Waals surface area contributed by atoms with Crippen LogP contribution in [0.5, 0.6) is 0 Å². The van der Waals surface area contributed by atoms with Gasteiger partial charge in [0.2, 0.25) is 0 Å². The van der Waals surface area contributed by atoms with E-state index in [1.54, 1.807) is 4.57 Å². The predicted octanol–water partition coefficient (Wildman–Crippen LogP) is 3.78. The van der Waals surface area contributed by atoms with E-state index in [0.29, 0.717) is 0 Å². The number of aromatic nitrogens is 1. The van der Waals surface area contributed by atoms with Crippen molar-refractivity contribution in [1.82, 2.24) is 4.57 Å². The summed E-state index contributed by atoms with van der Waals surface area (Å²) < 4.78 is 1.72. The Balaban J connectivity index is 2.28. The maximum absolute atomic E-state index is 12.0. The first kappa shape index (κ1) is 11.9. The van der Waals surface area contributed by atoms with E-state index in [4.69, 9.17) is 0 Å². The monoisotopic (exact) mass is 267 g/mol. The summed E-state index contributed by atoms with van der Waals surface area (Å²) in [7, 11) is 1.83. The molecule has 0 aliphatic heterocycles. The van der Waals surface area contributed by atoms with Gasteiger partial charge in [-0.1, -0.05) is 72.0 Å². The van der Waals surface area contributed by atoms with Gasteiger partial charge in [-0.15, -0.1) is 0 Å². The van der Waals surface area contributed by atoms with Gasteiger partial charge in [0.1, 0.15) is 0 Å². The van der Waals surface area contributed by atoms with Gasteiger partial charge in [-0.25, -0.2) is 0 Å². The lowest BCUT2D eigenvalue weighted by Crippen LogP contribution is -2.08. The van der Waals surface area contributed by atoms with Crippen LogP contribution in [0.1, 0.15) is 0 Å². The average molecular weight is 267 g/mol. The second-order valence-corrected chi connectivity index (χ2v) is 5.30. The Morgan fingerprint density at radius 2 is 1.37 bits per heavy atom. The van der Waals surface area contributed by atoms with Gasteiger partial charge in [0.05, 0.1) is 10.6 Å². The molecule has 0 aliphatic rings. The van der Waals surface area contributed by atoms with Crippen molar-refractivity contribution < 1.29 is 0 Å². The largest absolute Gasteiger partial charge is 0.307 e. The SMILES string of the molecule is Cn1c(-c2ccccc2)c(-c2ccccc2)sc1=O. The summed E-state index contributed by atoms with van der Waals surface area (Å²) in [6.45, 7) is 0. The fourth-order valence-electron chi connectivity index (χ4n) is 2.15. The molecule has 2 nitrogen and oxygen atoms in total. The van der Waals surface area contributed by atoms with Crippen LogP contribution in [0, 0.1) is 0 Å². The normalized spacial score (nSPS) is 10.6. The lowest BCUT2D eigenvalue weighted by molar-refractivity contribution is 0.907. The van der Waals surface area contributed by atoms with Crippen LogP contribution in [0.4, 0.5) is 0 Å². The first-order valence-electron chi connectivity index (χ1n) is 6.08. The maximum atomic E-state index is 12.0. The van der Waals surface area contributed by atoms with Crippen LogP contribution in [0.3, 0.4) is 0 Å². The van der Waals surface area contributed by atoms with Crippen LogP contribution in [0.2, 0.25) is 0 Å². The van der Waals surface area contributed by atoms with E-state index in [2.05, 4.69) is 0 Å². The Kier molecular flexibility index (Phi) is 3.05. The molecule has 0 unspecified atom stereocenters. The van der Waals surface area contributed by atoms with Gasteiger partial charge in [-0.05, 0) is 11.1 Å². The summed E-state index contributed by atoms with van der Waals surface area (Å²) in [5.74, 6) is 0. The van der Waals surface area contributed by atoms with E-state index in [9.17, 15) is 4.79 Å². The average Bonchev–Trinajstić information content (AvgIpc) is 2.77. The van der Waals surface area contributed by atoms with Gasteiger partial charge >= 0.3 is 4.87 Å². The molecule has 19 heavy (non-hydrogen) atoms. The van der Waals surface area contributed by atoms with E-state index < -0.39 is 0 Å². The van der Waals surface area contributed by atoms with Crippen LogP contribution < -0.4 is 4.87 Å². The molecule has 0 aliphatic carbocycles. The Bertz CT molecular complexity index is 741. The van der Waals surface area contributed by atoms with E-state index in [-0.39, 0.29) is 4.87 Å². The second-order valence-electron chi connectivity index (χ2n) is 4.34. The van der Waals surface area contributed by atoms with Crippen LogP contribution in [0.15, 0.2) is 65.5 Å². The minimum atomic E-state index is 0.0673. The van der Waals surface area contributed by atoms with Crippen molar-refractivity contribution in [3.63, 3.8) is 0 Å². The third-order valence-corrected chi connectivity index (χ3v) is 4.18. The minimum absolute atomic E-state index is 0.0673. The molecule has 0 saturated heterocycles. The molecular weight excluding hydrogens is 254 g/mol. The molecule has 3 aromatic rings. The van der Waals surface area contributed by atoms with E-state index in [1.807, 2.05) is 67.7 Å². The van der Waals surface area contributed by atoms with Gasteiger partial charge in [-0.2, -0.15) is 0 Å². The summed E-state index contributed by atoms with van der Waals surface area (Å²) in [5, 5.41) is 0. The zero-order valence-electron chi connectivity index (χ0n) is 10.5. The van der Waals surface area contributed by atoms with Gasteiger partial charge in [0, 0.05) is 7.05 Å². The zero-order valence-corrected chi connectivity index (χ0v) is 11.4. The molecule has 0 atom stereocenters. The predicted molar refractivity (Wildman–Crippen MR) is 80.4 cm³/mol. The molecule has 3 heteroatoms. The summed E-state index contributed by atoms with van der Waals surface area (Å²) in [5.41, 5.74) is 3.15. The molecule has 0 amide bonds. The smallest absolute Gasteiger partial charge is 0.301 e. The van der Waals surface area contributed by atoms with Crippen molar-refractivity contribution in [3.05, 3.63) is 70.3 Å². The van der Waals surface area contributed by atoms with Gasteiger partial charge < -0.3 is 4.57 Å². The highest BCUT2D eigenvalue weighted by molar-refractivity contribution is 7.13. The van der Waals surface area contributed by atoms with Crippen molar-refractivity contribution in [2.24, 2.45) is 7.05 Å². The summed E-state index contributed by atoms with van der Waals surface area (Å²) in [6.07, 6.45) is 0. The maximum Gasteiger partial charge on any atom is 0.307 e. The number of hydrogen-bond acceptors (Lipinski definition) is 2. The highest BCUT2D eigenvalue weighted by Gasteiger charge is 2.15. The molecule has 94 valence electrons. The van der Waals surface area contributed by atoms with Gasteiger partial charge in [0.25, 0.3) is 0 Å². The highest BCUT2D eigenvalue weighted by Crippen LogP contribution is 2.33. The van der Waals surface area contributed by atoms with Crippen LogP contribution in [0.25, 0.3) is 21.7 Å². The Hall–Kier alpha value is -2.13. The van der Waals surface area contributed by atoms with Crippen LogP contribution in [-0.2, 0) is 7.05 Å². The Morgan fingerprint density at radius 3 is 1.95 bits per heavy atom. The van der Waals surface area contributed by atoms with Gasteiger partial charge in [0.15, 0.2) is 0 Å². The standard InChI is InChI=1S/C16H13NOS/c1-17-14(12-8-4-2-5-9-12)15(19-16(17)18)13-10-6-3-7-11-13/h2-11H,1H3. The topological polar surface area (TPSA) is 22.0 Å². The number of benzene rings is 2. The molecule has 0 fully saturated rings. The fourth-order valence-corrected chi connectivity index (χ4v) is 3.16. The molecule has 0 bridgehead atoms. The van der Waals surface area contributed by atoms with Crippen LogP contribution in [-0.4, -0.2) is 4.57 Å². The highest BCUT2D eigenvalue weighted by atomic mass is 32.1.